The molecular formula is C19H28FN3O5. The van der Waals surface area contributed by atoms with Crippen LogP contribution >= 0.6 is 0 Å². The standard InChI is InChI=1S/C19H28FN3O5/c1-5-27-16(25)19(23-17(26)28-18(2,3)4)8-6-13(7-9-19)22-14-10-12(20)11-21-15(14)24/h10-11,13,22H,5-9H2,1-4H3,(H,21,24)(H,23,26)/t13-,19-. The Morgan fingerprint density at radius 3 is 2.57 bits per heavy atom. The third-order valence-electron chi connectivity index (χ3n) is 4.44. The molecule has 1 saturated carbocycles. The van der Waals surface area contributed by atoms with E-state index < -0.39 is 29.0 Å². The minimum atomic E-state index is -1.18. The van der Waals surface area contributed by atoms with Crippen LogP contribution in [0, 0.1) is 5.82 Å². The van der Waals surface area contributed by atoms with Gasteiger partial charge in [0.05, 0.1) is 12.8 Å². The van der Waals surface area contributed by atoms with Crippen LogP contribution in [0.15, 0.2) is 12.3 Å². The number of pyridine rings is 1. The second-order valence-electron chi connectivity index (χ2n) is 7.87. The van der Waals surface area contributed by atoms with Gasteiger partial charge < -0.3 is 25.2 Å². The summed E-state index contributed by atoms with van der Waals surface area (Å²) in [4.78, 5) is 28.4. The number of aromatic nitrogens is 1. The number of nitrogens with zero attached hydrogens (tertiary/aromatic N) is 1. The highest BCUT2D eigenvalue weighted by Crippen LogP contribution is 2.33. The van der Waals surface area contributed by atoms with Crippen molar-refractivity contribution >= 4 is 17.7 Å². The Morgan fingerprint density at radius 1 is 1.36 bits per heavy atom. The largest absolute Gasteiger partial charge is 0.492 e. The third kappa shape index (κ3) is 5.71. The van der Waals surface area contributed by atoms with Gasteiger partial charge in [-0.25, -0.2) is 19.0 Å². The minimum Gasteiger partial charge on any atom is -0.492 e. The van der Waals surface area contributed by atoms with Crippen molar-refractivity contribution in [2.45, 2.75) is 70.6 Å². The summed E-state index contributed by atoms with van der Waals surface area (Å²) >= 11 is 0. The molecule has 1 aliphatic rings. The zero-order chi connectivity index (χ0) is 20.9. The third-order valence-corrected chi connectivity index (χ3v) is 4.44. The Hall–Kier alpha value is -2.58. The molecule has 0 aromatic carbocycles. The van der Waals surface area contributed by atoms with Gasteiger partial charge in [0.2, 0.25) is 5.88 Å². The van der Waals surface area contributed by atoms with Crippen LogP contribution in [0.1, 0.15) is 53.4 Å². The van der Waals surface area contributed by atoms with Gasteiger partial charge in [-0.1, -0.05) is 0 Å². The Balaban J connectivity index is 2.07. The fraction of sp³-hybridized carbons (Fsp3) is 0.632. The van der Waals surface area contributed by atoms with Crippen LogP contribution in [0.3, 0.4) is 0 Å². The van der Waals surface area contributed by atoms with Crippen molar-refractivity contribution in [2.75, 3.05) is 11.9 Å². The molecular weight excluding hydrogens is 369 g/mol. The van der Waals surface area contributed by atoms with Crippen molar-refractivity contribution in [1.29, 1.82) is 0 Å². The van der Waals surface area contributed by atoms with E-state index in [9.17, 15) is 19.1 Å². The molecule has 1 aromatic rings. The molecule has 8 nitrogen and oxygen atoms in total. The molecule has 1 heterocycles. The molecule has 1 fully saturated rings. The van der Waals surface area contributed by atoms with E-state index in [1.165, 1.54) is 0 Å². The van der Waals surface area contributed by atoms with E-state index in [1.807, 2.05) is 0 Å². The Labute approximate surface area is 163 Å². The Kier molecular flexibility index (Phi) is 6.69. The molecule has 0 unspecified atom stereocenters. The van der Waals surface area contributed by atoms with Crippen LogP contribution in [0.4, 0.5) is 14.9 Å². The molecule has 3 N–H and O–H groups in total. The quantitative estimate of drug-likeness (QED) is 0.655. The SMILES string of the molecule is CCOC(=O)[C@]1(NC(=O)OC(C)(C)C)CC[C@H](Nc2cc(F)cnc2O)CC1. The number of alkyl carbamates (subject to hydrolysis) is 1. The van der Waals surface area contributed by atoms with Gasteiger partial charge in [0.15, 0.2) is 0 Å². The predicted octanol–water partition coefficient (Wildman–Crippen LogP) is 3.11. The molecule has 0 spiro atoms. The monoisotopic (exact) mass is 397 g/mol. The number of aromatic hydroxyl groups is 1. The lowest BCUT2D eigenvalue weighted by molar-refractivity contribution is -0.152. The molecule has 9 heteroatoms. The van der Waals surface area contributed by atoms with E-state index in [1.54, 1.807) is 27.7 Å². The first-order valence-electron chi connectivity index (χ1n) is 9.34. The van der Waals surface area contributed by atoms with Crippen LogP contribution in [-0.4, -0.2) is 45.9 Å². The van der Waals surface area contributed by atoms with Gasteiger partial charge in [-0.15, -0.1) is 0 Å². The summed E-state index contributed by atoms with van der Waals surface area (Å²) in [5, 5.41) is 15.5. The molecule has 28 heavy (non-hydrogen) atoms. The number of halogens is 1. The van der Waals surface area contributed by atoms with Crippen molar-refractivity contribution in [3.05, 3.63) is 18.1 Å². The van der Waals surface area contributed by atoms with E-state index in [-0.39, 0.29) is 24.2 Å². The number of amides is 1. The molecule has 1 amide bonds. The average molecular weight is 397 g/mol. The molecule has 156 valence electrons. The normalized spacial score (nSPS) is 22.2. The van der Waals surface area contributed by atoms with Gasteiger partial charge >= 0.3 is 12.1 Å². The van der Waals surface area contributed by atoms with E-state index in [0.717, 1.165) is 12.3 Å². The molecule has 0 atom stereocenters. The smallest absolute Gasteiger partial charge is 0.408 e. The van der Waals surface area contributed by atoms with Gasteiger partial charge in [-0.2, -0.15) is 0 Å². The van der Waals surface area contributed by atoms with Gasteiger partial charge in [0.1, 0.15) is 22.6 Å². The first-order valence-corrected chi connectivity index (χ1v) is 9.34. The number of carbonyl (C=O) groups is 2. The number of hydrogen-bond donors (Lipinski definition) is 3. The number of anilines is 1. The van der Waals surface area contributed by atoms with Crippen molar-refractivity contribution in [1.82, 2.24) is 10.3 Å². The predicted molar refractivity (Wildman–Crippen MR) is 100 cm³/mol. The summed E-state index contributed by atoms with van der Waals surface area (Å²) in [6, 6.07) is 1.03. The van der Waals surface area contributed by atoms with Crippen molar-refractivity contribution in [2.24, 2.45) is 0 Å². The summed E-state index contributed by atoms with van der Waals surface area (Å²) in [5.41, 5.74) is -1.69. The van der Waals surface area contributed by atoms with Gasteiger partial charge in [-0.05, 0) is 53.4 Å². The summed E-state index contributed by atoms with van der Waals surface area (Å²) in [6.45, 7) is 7.12. The number of esters is 1. The van der Waals surface area contributed by atoms with E-state index in [0.29, 0.717) is 25.7 Å². The van der Waals surface area contributed by atoms with Gasteiger partial charge in [0.25, 0.3) is 0 Å². The summed E-state index contributed by atoms with van der Waals surface area (Å²) in [7, 11) is 0. The summed E-state index contributed by atoms with van der Waals surface area (Å²) in [6.07, 6.45) is 1.85. The molecule has 0 bridgehead atoms. The Morgan fingerprint density at radius 2 is 2.00 bits per heavy atom. The Bertz CT molecular complexity index is 712. The summed E-state index contributed by atoms with van der Waals surface area (Å²) < 4.78 is 23.8. The molecule has 0 saturated heterocycles. The van der Waals surface area contributed by atoms with Gasteiger partial charge in [-0.3, -0.25) is 0 Å². The van der Waals surface area contributed by atoms with Crippen LogP contribution in [0.25, 0.3) is 0 Å². The molecule has 1 aliphatic carbocycles. The number of carbonyl (C=O) groups excluding carboxylic acids is 2. The molecule has 0 radical (unpaired) electrons. The zero-order valence-corrected chi connectivity index (χ0v) is 16.7. The van der Waals surface area contributed by atoms with E-state index in [2.05, 4.69) is 15.6 Å². The maximum absolute atomic E-state index is 13.4. The number of nitrogens with one attached hydrogen (secondary N) is 2. The maximum atomic E-state index is 13.4. The highest BCUT2D eigenvalue weighted by molar-refractivity contribution is 5.86. The topological polar surface area (TPSA) is 110 Å². The fourth-order valence-corrected chi connectivity index (χ4v) is 3.16. The second kappa shape index (κ2) is 8.62. The second-order valence-corrected chi connectivity index (χ2v) is 7.87. The first-order chi connectivity index (χ1) is 13.0. The lowest BCUT2D eigenvalue weighted by atomic mass is 9.79. The van der Waals surface area contributed by atoms with E-state index in [4.69, 9.17) is 9.47 Å². The van der Waals surface area contributed by atoms with Crippen LogP contribution < -0.4 is 10.6 Å². The highest BCUT2D eigenvalue weighted by atomic mass is 19.1. The molecule has 2 rings (SSSR count). The lowest BCUT2D eigenvalue weighted by Crippen LogP contribution is -2.58. The van der Waals surface area contributed by atoms with Gasteiger partial charge in [0, 0.05) is 12.1 Å². The highest BCUT2D eigenvalue weighted by Gasteiger charge is 2.45. The van der Waals surface area contributed by atoms with Crippen LogP contribution in [0.5, 0.6) is 5.88 Å². The number of hydrogen-bond acceptors (Lipinski definition) is 7. The van der Waals surface area contributed by atoms with Crippen LogP contribution in [-0.2, 0) is 14.3 Å². The fourth-order valence-electron chi connectivity index (χ4n) is 3.16. The molecule has 1 aromatic heterocycles. The zero-order valence-electron chi connectivity index (χ0n) is 16.7. The average Bonchev–Trinajstić information content (AvgIpc) is 2.58. The molecule has 0 aliphatic heterocycles. The van der Waals surface area contributed by atoms with E-state index >= 15 is 0 Å². The summed E-state index contributed by atoms with van der Waals surface area (Å²) in [5.74, 6) is -1.37. The van der Waals surface area contributed by atoms with Crippen molar-refractivity contribution in [3.8, 4) is 5.88 Å². The lowest BCUT2D eigenvalue weighted by Gasteiger charge is -2.39. The maximum Gasteiger partial charge on any atom is 0.408 e. The van der Waals surface area contributed by atoms with Crippen molar-refractivity contribution in [3.63, 3.8) is 0 Å². The first kappa shape index (κ1) is 21.7. The van der Waals surface area contributed by atoms with Crippen LogP contribution in [0.2, 0.25) is 0 Å². The number of ether oxygens (including phenoxy) is 2. The number of rotatable bonds is 5. The van der Waals surface area contributed by atoms with Crippen molar-refractivity contribution < 1.29 is 28.6 Å². The minimum absolute atomic E-state index is 0.127.